The van der Waals surface area contributed by atoms with Crippen molar-refractivity contribution >= 4 is 16.9 Å². The van der Waals surface area contributed by atoms with Crippen LogP contribution in [0.1, 0.15) is 50.9 Å². The molecule has 0 aromatic carbocycles. The van der Waals surface area contributed by atoms with Crippen molar-refractivity contribution in [2.45, 2.75) is 51.1 Å². The van der Waals surface area contributed by atoms with Gasteiger partial charge in [-0.25, -0.2) is 15.0 Å². The number of hydrogen-bond acceptors (Lipinski definition) is 6. The third kappa shape index (κ3) is 2.48. The predicted octanol–water partition coefficient (Wildman–Crippen LogP) is 3.81. The van der Waals surface area contributed by atoms with Gasteiger partial charge in [0.2, 0.25) is 0 Å². The molecule has 5 heterocycles. The summed E-state index contributed by atoms with van der Waals surface area (Å²) in [7, 11) is 0. The van der Waals surface area contributed by atoms with Crippen LogP contribution in [0.5, 0.6) is 0 Å². The molecular weight excluding hydrogens is 364 g/mol. The molecule has 1 unspecified atom stereocenters. The van der Waals surface area contributed by atoms with Crippen molar-refractivity contribution in [1.29, 1.82) is 0 Å². The normalized spacial score (nSPS) is 18.9. The molecule has 8 nitrogen and oxygen atoms in total. The number of hydrogen-bond donors (Lipinski definition) is 1. The number of anilines is 1. The summed E-state index contributed by atoms with van der Waals surface area (Å²) in [5.41, 5.74) is 2.76. The van der Waals surface area contributed by atoms with Gasteiger partial charge in [0, 0.05) is 29.4 Å². The third-order valence-corrected chi connectivity index (χ3v) is 6.23. The fourth-order valence-electron chi connectivity index (χ4n) is 4.85. The molecule has 8 heteroatoms. The second-order valence-electron chi connectivity index (χ2n) is 7.87. The molecule has 146 valence electrons. The SMILES string of the molecule is CCC1c2nncn2-c2cnc(-c3cnc4[nH]ccc4c3)nc2N1C1CCCC1. The first kappa shape index (κ1) is 16.6. The van der Waals surface area contributed by atoms with Crippen molar-refractivity contribution in [3.05, 3.63) is 42.9 Å². The number of H-pyrrole nitrogens is 1. The molecule has 0 radical (unpaired) electrons. The van der Waals surface area contributed by atoms with Gasteiger partial charge >= 0.3 is 0 Å². The van der Waals surface area contributed by atoms with E-state index in [1.807, 2.05) is 29.2 Å². The summed E-state index contributed by atoms with van der Waals surface area (Å²) in [4.78, 5) is 19.9. The van der Waals surface area contributed by atoms with Crippen LogP contribution >= 0.6 is 0 Å². The molecule has 0 spiro atoms. The maximum absolute atomic E-state index is 5.07. The highest BCUT2D eigenvalue weighted by molar-refractivity contribution is 5.80. The molecule has 0 saturated heterocycles. The molecule has 4 aromatic heterocycles. The van der Waals surface area contributed by atoms with E-state index in [1.54, 1.807) is 6.33 Å². The average molecular weight is 386 g/mol. The van der Waals surface area contributed by atoms with Gasteiger partial charge in [0.1, 0.15) is 17.7 Å². The van der Waals surface area contributed by atoms with E-state index in [0.717, 1.165) is 40.3 Å². The Balaban J connectivity index is 1.53. The zero-order valence-corrected chi connectivity index (χ0v) is 16.3. The molecule has 1 fully saturated rings. The van der Waals surface area contributed by atoms with E-state index in [-0.39, 0.29) is 6.04 Å². The standard InChI is InChI=1S/C21H22N8/c1-2-16-21-27-25-12-28(21)17-11-24-19(14-9-13-7-8-22-18(13)23-10-14)26-20(17)29(16)15-5-3-4-6-15/h7-12,15-16H,2-6H2,1H3,(H,22,23). The van der Waals surface area contributed by atoms with Crippen LogP contribution in [-0.4, -0.2) is 40.7 Å². The largest absolute Gasteiger partial charge is 0.346 e. The van der Waals surface area contributed by atoms with E-state index in [2.05, 4.69) is 43.0 Å². The van der Waals surface area contributed by atoms with E-state index in [0.29, 0.717) is 11.9 Å². The number of rotatable bonds is 3. The summed E-state index contributed by atoms with van der Waals surface area (Å²) in [6.07, 6.45) is 13.3. The first-order valence-electron chi connectivity index (χ1n) is 10.3. The minimum atomic E-state index is 0.182. The number of nitrogens with one attached hydrogen (secondary N) is 1. The highest BCUT2D eigenvalue weighted by Gasteiger charge is 2.38. The maximum Gasteiger partial charge on any atom is 0.163 e. The molecule has 0 amide bonds. The average Bonchev–Trinajstić information content (AvgIpc) is 3.53. The van der Waals surface area contributed by atoms with Crippen LogP contribution in [0, 0.1) is 0 Å². The Bertz CT molecular complexity index is 1190. The van der Waals surface area contributed by atoms with Gasteiger partial charge in [-0.3, -0.25) is 4.57 Å². The quantitative estimate of drug-likeness (QED) is 0.576. The van der Waals surface area contributed by atoms with Crippen molar-refractivity contribution in [3.63, 3.8) is 0 Å². The second kappa shape index (κ2) is 6.37. The smallest absolute Gasteiger partial charge is 0.163 e. The Hall–Kier alpha value is -3.29. The van der Waals surface area contributed by atoms with Gasteiger partial charge < -0.3 is 9.88 Å². The summed E-state index contributed by atoms with van der Waals surface area (Å²) >= 11 is 0. The van der Waals surface area contributed by atoms with Crippen LogP contribution in [0.25, 0.3) is 28.1 Å². The Kier molecular flexibility index (Phi) is 3.65. The first-order valence-corrected chi connectivity index (χ1v) is 10.3. The van der Waals surface area contributed by atoms with E-state index >= 15 is 0 Å². The summed E-state index contributed by atoms with van der Waals surface area (Å²) in [6.45, 7) is 2.21. The van der Waals surface area contributed by atoms with Crippen LogP contribution in [0.2, 0.25) is 0 Å². The van der Waals surface area contributed by atoms with Crippen molar-refractivity contribution in [1.82, 2.24) is 34.7 Å². The van der Waals surface area contributed by atoms with Gasteiger partial charge in [0.05, 0.1) is 12.2 Å². The fraction of sp³-hybridized carbons (Fsp3) is 0.381. The molecule has 1 saturated carbocycles. The molecule has 1 atom stereocenters. The minimum absolute atomic E-state index is 0.182. The molecule has 29 heavy (non-hydrogen) atoms. The molecule has 6 rings (SSSR count). The Labute approximate surface area is 168 Å². The third-order valence-electron chi connectivity index (χ3n) is 6.23. The maximum atomic E-state index is 5.07. The van der Waals surface area contributed by atoms with Crippen molar-refractivity contribution in [2.24, 2.45) is 0 Å². The Morgan fingerprint density at radius 3 is 2.93 bits per heavy atom. The number of fused-ring (bicyclic) bond motifs is 4. The van der Waals surface area contributed by atoms with Crippen LogP contribution in [0.15, 0.2) is 37.1 Å². The monoisotopic (exact) mass is 386 g/mol. The molecular formula is C21H22N8. The van der Waals surface area contributed by atoms with Crippen LogP contribution in [0.4, 0.5) is 5.82 Å². The van der Waals surface area contributed by atoms with E-state index in [9.17, 15) is 0 Å². The highest BCUT2D eigenvalue weighted by atomic mass is 15.4. The van der Waals surface area contributed by atoms with Crippen LogP contribution < -0.4 is 4.90 Å². The lowest BCUT2D eigenvalue weighted by atomic mass is 10.0. The molecule has 1 N–H and O–H groups in total. The lowest BCUT2D eigenvalue weighted by molar-refractivity contribution is 0.469. The topological polar surface area (TPSA) is 88.4 Å². The lowest BCUT2D eigenvalue weighted by Crippen LogP contribution is -2.42. The van der Waals surface area contributed by atoms with Gasteiger partial charge in [-0.1, -0.05) is 19.8 Å². The number of nitrogens with zero attached hydrogens (tertiary/aromatic N) is 7. The lowest BCUT2D eigenvalue weighted by Gasteiger charge is -2.40. The zero-order chi connectivity index (χ0) is 19.4. The summed E-state index contributed by atoms with van der Waals surface area (Å²) < 4.78 is 2.05. The highest BCUT2D eigenvalue weighted by Crippen LogP contribution is 2.42. The van der Waals surface area contributed by atoms with E-state index in [4.69, 9.17) is 4.98 Å². The second-order valence-corrected chi connectivity index (χ2v) is 7.87. The zero-order valence-electron chi connectivity index (χ0n) is 16.3. The summed E-state index contributed by atoms with van der Waals surface area (Å²) in [5, 5.41) is 9.69. The van der Waals surface area contributed by atoms with Crippen molar-refractivity contribution in [3.8, 4) is 17.1 Å². The van der Waals surface area contributed by atoms with Gasteiger partial charge in [-0.15, -0.1) is 10.2 Å². The van der Waals surface area contributed by atoms with Crippen molar-refractivity contribution in [2.75, 3.05) is 4.90 Å². The molecule has 0 bridgehead atoms. The predicted molar refractivity (Wildman–Crippen MR) is 110 cm³/mol. The fourth-order valence-corrected chi connectivity index (χ4v) is 4.85. The molecule has 4 aromatic rings. The number of aromatic amines is 1. The summed E-state index contributed by atoms with van der Waals surface area (Å²) in [5.74, 6) is 2.67. The van der Waals surface area contributed by atoms with Crippen molar-refractivity contribution < 1.29 is 0 Å². The molecule has 1 aliphatic carbocycles. The van der Waals surface area contributed by atoms with Gasteiger partial charge in [0.25, 0.3) is 0 Å². The Morgan fingerprint density at radius 1 is 1.17 bits per heavy atom. The van der Waals surface area contributed by atoms with Gasteiger partial charge in [0.15, 0.2) is 17.5 Å². The van der Waals surface area contributed by atoms with E-state index in [1.165, 1.54) is 25.7 Å². The number of aromatic nitrogens is 7. The molecule has 2 aliphatic rings. The van der Waals surface area contributed by atoms with Gasteiger partial charge in [-0.2, -0.15) is 0 Å². The number of pyridine rings is 1. The van der Waals surface area contributed by atoms with Crippen LogP contribution in [0.3, 0.4) is 0 Å². The van der Waals surface area contributed by atoms with Crippen LogP contribution in [-0.2, 0) is 0 Å². The summed E-state index contributed by atoms with van der Waals surface area (Å²) in [6, 6.07) is 4.77. The van der Waals surface area contributed by atoms with E-state index < -0.39 is 0 Å². The Morgan fingerprint density at radius 2 is 2.07 bits per heavy atom. The van der Waals surface area contributed by atoms with Gasteiger partial charge in [-0.05, 0) is 31.4 Å². The first-order chi connectivity index (χ1) is 14.3. The minimum Gasteiger partial charge on any atom is -0.346 e. The molecule has 1 aliphatic heterocycles.